The summed E-state index contributed by atoms with van der Waals surface area (Å²) in [5.74, 6) is -0.467. The number of aliphatic hydroxyl groups is 1. The summed E-state index contributed by atoms with van der Waals surface area (Å²) >= 11 is 0. The Balaban J connectivity index is 2.85. The number of benzene rings is 1. The van der Waals surface area contributed by atoms with E-state index in [0.717, 1.165) is 6.26 Å². The molecule has 7 heteroatoms. The highest BCUT2D eigenvalue weighted by Gasteiger charge is 2.26. The highest BCUT2D eigenvalue weighted by molar-refractivity contribution is 7.85. The van der Waals surface area contributed by atoms with Gasteiger partial charge in [-0.3, -0.25) is 4.18 Å². The van der Waals surface area contributed by atoms with Crippen LogP contribution in [0, 0.1) is 0 Å². The van der Waals surface area contributed by atoms with Gasteiger partial charge in [-0.25, -0.2) is 4.79 Å². The average Bonchev–Trinajstić information content (AvgIpc) is 2.34. The first-order valence-electron chi connectivity index (χ1n) is 6.71. The summed E-state index contributed by atoms with van der Waals surface area (Å²) in [4.78, 5) is 11.9. The van der Waals surface area contributed by atoms with Crippen molar-refractivity contribution in [2.45, 2.75) is 38.9 Å². The molecular weight excluding hydrogens is 308 g/mol. The molecule has 0 unspecified atom stereocenters. The minimum atomic E-state index is -3.64. The van der Waals surface area contributed by atoms with Crippen LogP contribution in [0.2, 0.25) is 0 Å². The molecule has 0 amide bonds. The zero-order chi connectivity index (χ0) is 17.2. The molecule has 1 rings (SSSR count). The smallest absolute Gasteiger partial charge is 0.338 e. The molecule has 0 saturated heterocycles. The monoisotopic (exact) mass is 330 g/mol. The number of esters is 1. The zero-order valence-electron chi connectivity index (χ0n) is 13.4. The van der Waals surface area contributed by atoms with Crippen molar-refractivity contribution in [3.63, 3.8) is 0 Å². The number of rotatable bonds is 5. The number of ether oxygens (including phenoxy) is 1. The van der Waals surface area contributed by atoms with Gasteiger partial charge in [0.15, 0.2) is 0 Å². The van der Waals surface area contributed by atoms with Crippen molar-refractivity contribution in [3.8, 4) is 0 Å². The highest BCUT2D eigenvalue weighted by Crippen LogP contribution is 2.22. The van der Waals surface area contributed by atoms with Crippen LogP contribution in [0.15, 0.2) is 24.3 Å². The fraction of sp³-hybridized carbons (Fsp3) is 0.533. The third kappa shape index (κ3) is 6.13. The maximum Gasteiger partial charge on any atom is 0.338 e. The maximum absolute atomic E-state index is 11.9. The van der Waals surface area contributed by atoms with Crippen molar-refractivity contribution in [2.24, 2.45) is 0 Å². The van der Waals surface area contributed by atoms with Crippen LogP contribution in [0.5, 0.6) is 0 Å². The molecule has 1 atom stereocenters. The van der Waals surface area contributed by atoms with Crippen molar-refractivity contribution in [2.75, 3.05) is 12.9 Å². The molecule has 1 N–H and O–H groups in total. The summed E-state index contributed by atoms with van der Waals surface area (Å²) in [5, 5.41) is 10.3. The molecule has 0 aliphatic heterocycles. The van der Waals surface area contributed by atoms with E-state index in [1.165, 1.54) is 31.2 Å². The quantitative estimate of drug-likeness (QED) is 0.654. The minimum Gasteiger partial charge on any atom is -0.456 e. The Hall–Kier alpha value is -1.44. The highest BCUT2D eigenvalue weighted by atomic mass is 32.2. The lowest BCUT2D eigenvalue weighted by molar-refractivity contribution is 0.00628. The summed E-state index contributed by atoms with van der Waals surface area (Å²) in [6.07, 6.45) is 0.911. The van der Waals surface area contributed by atoms with Gasteiger partial charge in [0.1, 0.15) is 11.2 Å². The van der Waals surface area contributed by atoms with Gasteiger partial charge in [-0.2, -0.15) is 8.42 Å². The third-order valence-corrected chi connectivity index (χ3v) is 3.24. The second kappa shape index (κ2) is 6.36. The van der Waals surface area contributed by atoms with Crippen molar-refractivity contribution >= 4 is 16.1 Å². The summed E-state index contributed by atoms with van der Waals surface area (Å²) < 4.78 is 31.8. The van der Waals surface area contributed by atoms with Crippen molar-refractivity contribution in [1.82, 2.24) is 0 Å². The molecule has 0 aliphatic rings. The Kier molecular flexibility index (Phi) is 5.38. The van der Waals surface area contributed by atoms with E-state index in [-0.39, 0.29) is 0 Å². The van der Waals surface area contributed by atoms with Crippen LogP contribution < -0.4 is 0 Å². The Morgan fingerprint density at radius 1 is 1.14 bits per heavy atom. The van der Waals surface area contributed by atoms with Gasteiger partial charge in [0.05, 0.1) is 18.4 Å². The van der Waals surface area contributed by atoms with Crippen LogP contribution in [-0.4, -0.2) is 38.0 Å². The van der Waals surface area contributed by atoms with Gasteiger partial charge < -0.3 is 9.84 Å². The molecule has 124 valence electrons. The number of hydrogen-bond acceptors (Lipinski definition) is 6. The second-order valence-corrected chi connectivity index (χ2v) is 7.96. The predicted octanol–water partition coefficient (Wildman–Crippen LogP) is 1.83. The molecule has 0 saturated carbocycles. The van der Waals surface area contributed by atoms with Gasteiger partial charge in [-0.15, -0.1) is 0 Å². The summed E-state index contributed by atoms with van der Waals surface area (Å²) in [5.41, 5.74) is -1.30. The van der Waals surface area contributed by atoms with Crippen LogP contribution in [0.3, 0.4) is 0 Å². The van der Waals surface area contributed by atoms with Gasteiger partial charge >= 0.3 is 5.97 Å². The summed E-state index contributed by atoms with van der Waals surface area (Å²) in [6.45, 7) is 6.34. The molecule has 0 heterocycles. The topological polar surface area (TPSA) is 89.9 Å². The molecule has 1 aromatic carbocycles. The molecule has 0 radical (unpaired) electrons. The Labute approximate surface area is 131 Å². The lowest BCUT2D eigenvalue weighted by atomic mass is 9.96. The van der Waals surface area contributed by atoms with Crippen LogP contribution in [0.4, 0.5) is 0 Å². The predicted molar refractivity (Wildman–Crippen MR) is 82.0 cm³/mol. The first-order valence-corrected chi connectivity index (χ1v) is 8.52. The van der Waals surface area contributed by atoms with Crippen LogP contribution in [0.1, 0.15) is 43.6 Å². The van der Waals surface area contributed by atoms with E-state index in [2.05, 4.69) is 4.18 Å². The lowest BCUT2D eigenvalue weighted by Gasteiger charge is -2.23. The minimum absolute atomic E-state index is 0.346. The van der Waals surface area contributed by atoms with E-state index < -0.39 is 33.9 Å². The fourth-order valence-electron chi connectivity index (χ4n) is 1.61. The second-order valence-electron chi connectivity index (χ2n) is 6.32. The third-order valence-electron chi connectivity index (χ3n) is 2.70. The molecule has 22 heavy (non-hydrogen) atoms. The molecule has 1 aromatic rings. The van der Waals surface area contributed by atoms with Crippen molar-refractivity contribution < 1.29 is 27.2 Å². The summed E-state index contributed by atoms with van der Waals surface area (Å²) in [7, 11) is -3.64. The van der Waals surface area contributed by atoms with Gasteiger partial charge in [-0.05, 0) is 45.4 Å². The Morgan fingerprint density at radius 3 is 2.05 bits per heavy atom. The molecular formula is C15H22O6S. The van der Waals surface area contributed by atoms with Crippen LogP contribution in [0.25, 0.3) is 0 Å². The van der Waals surface area contributed by atoms with E-state index >= 15 is 0 Å². The molecule has 6 nitrogen and oxygen atoms in total. The number of carbonyl (C=O) groups excluding carboxylic acids is 1. The van der Waals surface area contributed by atoms with Gasteiger partial charge in [0.25, 0.3) is 10.1 Å². The zero-order valence-corrected chi connectivity index (χ0v) is 14.2. The van der Waals surface area contributed by atoms with Crippen molar-refractivity contribution in [3.05, 3.63) is 35.4 Å². The molecule has 0 fully saturated rings. The summed E-state index contributed by atoms with van der Waals surface area (Å²) in [6, 6.07) is 6.09. The molecule has 0 spiro atoms. The van der Waals surface area contributed by atoms with Crippen LogP contribution in [-0.2, 0) is 24.6 Å². The van der Waals surface area contributed by atoms with Crippen molar-refractivity contribution in [1.29, 1.82) is 0 Å². The average molecular weight is 330 g/mol. The number of carbonyl (C=O) groups is 1. The van der Waals surface area contributed by atoms with E-state index in [9.17, 15) is 18.3 Å². The Bertz CT molecular complexity index is 623. The van der Waals surface area contributed by atoms with E-state index in [4.69, 9.17) is 4.74 Å². The standard InChI is InChI=1S/C15H22O6S/c1-14(2,3)21-13(16)11-6-8-12(9-7-11)15(4,17)10-20-22(5,18)19/h6-9,17H,10H2,1-5H3/t15-/m1/s1. The first-order chi connectivity index (χ1) is 9.80. The normalized spacial score (nSPS) is 15.2. The lowest BCUT2D eigenvalue weighted by Crippen LogP contribution is -2.29. The van der Waals surface area contributed by atoms with Crippen LogP contribution >= 0.6 is 0 Å². The van der Waals surface area contributed by atoms with Gasteiger partial charge in [-0.1, -0.05) is 12.1 Å². The first kappa shape index (κ1) is 18.6. The van der Waals surface area contributed by atoms with Gasteiger partial charge in [0.2, 0.25) is 0 Å². The van der Waals surface area contributed by atoms with E-state index in [1.807, 2.05) is 0 Å². The maximum atomic E-state index is 11.9. The van der Waals surface area contributed by atoms with E-state index in [1.54, 1.807) is 20.8 Å². The molecule has 0 aliphatic carbocycles. The van der Waals surface area contributed by atoms with Gasteiger partial charge in [0, 0.05) is 0 Å². The number of hydrogen-bond donors (Lipinski definition) is 1. The largest absolute Gasteiger partial charge is 0.456 e. The SMILES string of the molecule is CC(C)(C)OC(=O)c1ccc([C@](C)(O)COS(C)(=O)=O)cc1. The van der Waals surface area contributed by atoms with E-state index in [0.29, 0.717) is 11.1 Å². The molecule has 0 aromatic heterocycles. The Morgan fingerprint density at radius 2 is 1.64 bits per heavy atom. The fourth-order valence-corrected chi connectivity index (χ4v) is 2.05. The molecule has 0 bridgehead atoms.